The molecule has 0 aromatic carbocycles. The average molecular weight is 239 g/mol. The summed E-state index contributed by atoms with van der Waals surface area (Å²) in [5.41, 5.74) is 0.0549. The molecule has 0 aromatic rings. The molecule has 0 aliphatic rings. The predicted molar refractivity (Wildman–Crippen MR) is 55.7 cm³/mol. The maximum absolute atomic E-state index is 8.66. The van der Waals surface area contributed by atoms with Crippen molar-refractivity contribution in [3.05, 3.63) is 0 Å². The first-order valence-electron chi connectivity index (χ1n) is 4.87. The van der Waals surface area contributed by atoms with Gasteiger partial charge in [-0.3, -0.25) is 10.4 Å². The Balaban J connectivity index is 4.44. The molecule has 0 saturated heterocycles. The van der Waals surface area contributed by atoms with Crippen LogP contribution < -0.4 is 0 Å². The van der Waals surface area contributed by atoms with Crippen LogP contribution in [0.1, 0.15) is 19.8 Å². The lowest BCUT2D eigenvalue weighted by Crippen LogP contribution is -2.48. The molecule has 0 bridgehead atoms. The van der Waals surface area contributed by atoms with Crippen LogP contribution in [0.4, 0.5) is 0 Å². The van der Waals surface area contributed by atoms with Crippen molar-refractivity contribution in [1.82, 2.24) is 5.23 Å². The molecular formula is C8H21NO5Si. The van der Waals surface area contributed by atoms with Gasteiger partial charge in [0, 0.05) is 26.9 Å². The number of hydroxylamine groups is 2. The molecule has 0 aliphatic carbocycles. The highest BCUT2D eigenvalue weighted by molar-refractivity contribution is 6.62. The molecule has 0 fully saturated rings. The van der Waals surface area contributed by atoms with E-state index in [0.29, 0.717) is 6.42 Å². The Labute approximate surface area is 91.6 Å². The van der Waals surface area contributed by atoms with E-state index in [9.17, 15) is 0 Å². The van der Waals surface area contributed by atoms with E-state index >= 15 is 0 Å². The Hall–Kier alpha value is -0.0231. The zero-order valence-electron chi connectivity index (χ0n) is 9.77. The fourth-order valence-corrected chi connectivity index (χ4v) is 4.13. The molecule has 2 N–H and O–H groups in total. The van der Waals surface area contributed by atoms with Crippen LogP contribution in [0.5, 0.6) is 0 Å². The first-order valence-corrected chi connectivity index (χ1v) is 6.67. The second kappa shape index (κ2) is 7.28. The standard InChI is InChI=1S/C8H21NO5Si/c1-5-8(6-7-9(10)11)15(12-2,13-3)14-4/h8,10-11H,5-7H2,1-4H3. The molecule has 92 valence electrons. The molecule has 0 saturated carbocycles. The van der Waals surface area contributed by atoms with Crippen molar-refractivity contribution in [1.29, 1.82) is 0 Å². The summed E-state index contributed by atoms with van der Waals surface area (Å²) in [7, 11) is 2.00. The highest BCUT2D eigenvalue weighted by Gasteiger charge is 2.45. The maximum atomic E-state index is 8.66. The summed E-state index contributed by atoms with van der Waals surface area (Å²) in [6, 6.07) is 0. The Kier molecular flexibility index (Phi) is 7.27. The van der Waals surface area contributed by atoms with E-state index in [0.717, 1.165) is 6.42 Å². The second-order valence-corrected chi connectivity index (χ2v) is 6.45. The van der Waals surface area contributed by atoms with Crippen molar-refractivity contribution >= 4 is 8.80 Å². The summed E-state index contributed by atoms with van der Waals surface area (Å²) < 4.78 is 16.0. The third kappa shape index (κ3) is 4.15. The first kappa shape index (κ1) is 15.0. The summed E-state index contributed by atoms with van der Waals surface area (Å²) in [6.07, 6.45) is 1.35. The van der Waals surface area contributed by atoms with Gasteiger partial charge < -0.3 is 13.3 Å². The lowest BCUT2D eigenvalue weighted by atomic mass is 10.2. The minimum atomic E-state index is -2.66. The van der Waals surface area contributed by atoms with E-state index in [1.54, 1.807) is 21.3 Å². The fourth-order valence-electron chi connectivity index (χ4n) is 1.65. The number of hydrogen-bond acceptors (Lipinski definition) is 6. The Bertz CT molecular complexity index is 157. The summed E-state index contributed by atoms with van der Waals surface area (Å²) >= 11 is 0. The van der Waals surface area contributed by atoms with E-state index in [1.165, 1.54) is 0 Å². The topological polar surface area (TPSA) is 71.4 Å². The fraction of sp³-hybridized carbons (Fsp3) is 1.00. The molecular weight excluding hydrogens is 218 g/mol. The first-order chi connectivity index (χ1) is 7.06. The van der Waals surface area contributed by atoms with Crippen LogP contribution >= 0.6 is 0 Å². The van der Waals surface area contributed by atoms with Gasteiger partial charge in [-0.15, -0.1) is 0 Å². The second-order valence-electron chi connectivity index (χ2n) is 3.21. The molecule has 7 heteroatoms. The minimum absolute atomic E-state index is 0.0549. The SMILES string of the molecule is CCC(CCN(O)O)[Si](OC)(OC)OC. The average Bonchev–Trinajstić information content (AvgIpc) is 2.24. The zero-order chi connectivity index (χ0) is 11.9. The van der Waals surface area contributed by atoms with Gasteiger partial charge in [0.2, 0.25) is 0 Å². The quantitative estimate of drug-likeness (QED) is 0.488. The van der Waals surface area contributed by atoms with Crippen molar-refractivity contribution in [2.24, 2.45) is 0 Å². The molecule has 1 unspecified atom stereocenters. The van der Waals surface area contributed by atoms with Crippen LogP contribution in [0.25, 0.3) is 0 Å². The summed E-state index contributed by atoms with van der Waals surface area (Å²) in [4.78, 5) is 0. The molecule has 0 rings (SSSR count). The molecule has 15 heavy (non-hydrogen) atoms. The lowest BCUT2D eigenvalue weighted by molar-refractivity contribution is -0.307. The highest BCUT2D eigenvalue weighted by Crippen LogP contribution is 2.30. The van der Waals surface area contributed by atoms with E-state index in [4.69, 9.17) is 23.7 Å². The van der Waals surface area contributed by atoms with Gasteiger partial charge in [0.05, 0.1) is 6.54 Å². The summed E-state index contributed by atoms with van der Waals surface area (Å²) in [6.45, 7) is 2.13. The van der Waals surface area contributed by atoms with Gasteiger partial charge in [-0.25, -0.2) is 0 Å². The van der Waals surface area contributed by atoms with E-state index < -0.39 is 8.80 Å². The molecule has 1 atom stereocenters. The minimum Gasteiger partial charge on any atom is -0.377 e. The molecule has 0 aliphatic heterocycles. The van der Waals surface area contributed by atoms with Gasteiger partial charge in [-0.05, 0) is 12.8 Å². The lowest BCUT2D eigenvalue weighted by Gasteiger charge is -2.32. The van der Waals surface area contributed by atoms with Crippen LogP contribution in [0, 0.1) is 0 Å². The van der Waals surface area contributed by atoms with Crippen molar-refractivity contribution in [3.8, 4) is 0 Å². The van der Waals surface area contributed by atoms with Gasteiger partial charge in [0.1, 0.15) is 0 Å². The molecule has 0 spiro atoms. The molecule has 0 radical (unpaired) electrons. The van der Waals surface area contributed by atoms with Gasteiger partial charge in [0.25, 0.3) is 0 Å². The van der Waals surface area contributed by atoms with Crippen molar-refractivity contribution in [3.63, 3.8) is 0 Å². The third-order valence-electron chi connectivity index (χ3n) is 2.52. The van der Waals surface area contributed by atoms with Crippen LogP contribution in [0.15, 0.2) is 0 Å². The number of nitrogens with zero attached hydrogens (tertiary/aromatic N) is 1. The zero-order valence-corrected chi connectivity index (χ0v) is 10.8. The predicted octanol–water partition coefficient (Wildman–Crippen LogP) is 1.12. The smallest absolute Gasteiger partial charge is 0.377 e. The van der Waals surface area contributed by atoms with Gasteiger partial charge in [0.15, 0.2) is 0 Å². The van der Waals surface area contributed by atoms with Gasteiger partial charge in [-0.1, -0.05) is 12.2 Å². The molecule has 0 heterocycles. The maximum Gasteiger partial charge on any atom is 0.503 e. The van der Waals surface area contributed by atoms with Crippen LogP contribution in [-0.2, 0) is 13.3 Å². The number of hydrogen-bond donors (Lipinski definition) is 2. The third-order valence-corrected chi connectivity index (χ3v) is 5.93. The molecule has 0 aromatic heterocycles. The van der Waals surface area contributed by atoms with Crippen LogP contribution in [0.3, 0.4) is 0 Å². The number of rotatable bonds is 8. The summed E-state index contributed by atoms with van der Waals surface area (Å²) in [5.74, 6) is 0. The van der Waals surface area contributed by atoms with E-state index in [-0.39, 0.29) is 17.3 Å². The van der Waals surface area contributed by atoms with Crippen molar-refractivity contribution < 1.29 is 23.7 Å². The monoisotopic (exact) mass is 239 g/mol. The Morgan fingerprint density at radius 3 is 1.87 bits per heavy atom. The van der Waals surface area contributed by atoms with Crippen LogP contribution in [0.2, 0.25) is 5.54 Å². The van der Waals surface area contributed by atoms with E-state index in [2.05, 4.69) is 0 Å². The van der Waals surface area contributed by atoms with Crippen LogP contribution in [-0.4, -0.2) is 52.3 Å². The van der Waals surface area contributed by atoms with Crippen molar-refractivity contribution in [2.75, 3.05) is 27.9 Å². The van der Waals surface area contributed by atoms with Crippen molar-refractivity contribution in [2.45, 2.75) is 25.3 Å². The molecule has 6 nitrogen and oxygen atoms in total. The largest absolute Gasteiger partial charge is 0.503 e. The molecule has 0 amide bonds. The van der Waals surface area contributed by atoms with Gasteiger partial charge >= 0.3 is 8.80 Å². The van der Waals surface area contributed by atoms with Gasteiger partial charge in [-0.2, -0.15) is 0 Å². The summed E-state index contributed by atoms with van der Waals surface area (Å²) in [5, 5.41) is 17.5. The highest BCUT2D eigenvalue weighted by atomic mass is 28.4. The normalized spacial score (nSPS) is 14.6. The van der Waals surface area contributed by atoms with E-state index in [1.807, 2.05) is 6.92 Å². The Morgan fingerprint density at radius 2 is 1.60 bits per heavy atom. The Morgan fingerprint density at radius 1 is 1.13 bits per heavy atom.